The molecule has 1 aromatic rings. The molecule has 0 saturated carbocycles. The van der Waals surface area contributed by atoms with Crippen LogP contribution in [-0.4, -0.2) is 44.7 Å². The fourth-order valence-electron chi connectivity index (χ4n) is 2.80. The van der Waals surface area contributed by atoms with Crippen molar-refractivity contribution in [3.8, 4) is 5.75 Å². The van der Waals surface area contributed by atoms with Gasteiger partial charge in [0, 0.05) is 0 Å². The number of hydrogen-bond donors (Lipinski definition) is 0. The zero-order chi connectivity index (χ0) is 17.7. The molecule has 1 heterocycles. The van der Waals surface area contributed by atoms with Gasteiger partial charge in [0.2, 0.25) is 0 Å². The first-order valence-electron chi connectivity index (χ1n) is 9.84. The molecule has 0 spiro atoms. The van der Waals surface area contributed by atoms with E-state index in [0.717, 1.165) is 31.6 Å². The summed E-state index contributed by atoms with van der Waals surface area (Å²) in [7, 11) is 0. The van der Waals surface area contributed by atoms with Gasteiger partial charge >= 0.3 is 0 Å². The van der Waals surface area contributed by atoms with Crippen LogP contribution in [0.1, 0.15) is 52.4 Å². The SMILES string of the molecule is CCCCCC(CCC)OCC(COCC1CO1)Oc1ccccc1. The molecule has 0 radical (unpaired) electrons. The van der Waals surface area contributed by atoms with Crippen LogP contribution in [0.3, 0.4) is 0 Å². The molecule has 0 N–H and O–H groups in total. The Kier molecular flexibility index (Phi) is 9.93. The van der Waals surface area contributed by atoms with E-state index in [1.165, 1.54) is 19.3 Å². The number of para-hydroxylation sites is 1. The summed E-state index contributed by atoms with van der Waals surface area (Å²) in [5, 5.41) is 0. The van der Waals surface area contributed by atoms with E-state index in [1.807, 2.05) is 30.3 Å². The first-order chi connectivity index (χ1) is 12.3. The number of hydrogen-bond acceptors (Lipinski definition) is 4. The van der Waals surface area contributed by atoms with Crippen LogP contribution >= 0.6 is 0 Å². The molecule has 0 aliphatic carbocycles. The van der Waals surface area contributed by atoms with Crippen molar-refractivity contribution >= 4 is 0 Å². The smallest absolute Gasteiger partial charge is 0.145 e. The van der Waals surface area contributed by atoms with Gasteiger partial charge in [-0.15, -0.1) is 0 Å². The molecule has 0 aromatic heterocycles. The molecule has 1 aromatic carbocycles. The maximum absolute atomic E-state index is 6.20. The quantitative estimate of drug-likeness (QED) is 0.342. The highest BCUT2D eigenvalue weighted by Crippen LogP contribution is 2.16. The standard InChI is InChI=1S/C21H34O4/c1-3-5-7-11-18(10-4-2)23-17-21(15-22-14-20-16-24-20)25-19-12-8-6-9-13-19/h6,8-9,12-13,18,20-21H,3-5,7,10-11,14-17H2,1-2H3. The van der Waals surface area contributed by atoms with Gasteiger partial charge in [0.05, 0.1) is 32.5 Å². The van der Waals surface area contributed by atoms with Gasteiger partial charge in [0.25, 0.3) is 0 Å². The molecule has 0 bridgehead atoms. The highest BCUT2D eigenvalue weighted by atomic mass is 16.6. The molecular weight excluding hydrogens is 316 g/mol. The summed E-state index contributed by atoms with van der Waals surface area (Å²) >= 11 is 0. The van der Waals surface area contributed by atoms with Crippen LogP contribution in [0.15, 0.2) is 30.3 Å². The summed E-state index contributed by atoms with van der Waals surface area (Å²) in [4.78, 5) is 0. The lowest BCUT2D eigenvalue weighted by atomic mass is 10.1. The second-order valence-corrected chi connectivity index (χ2v) is 6.79. The highest BCUT2D eigenvalue weighted by Gasteiger charge is 2.23. The lowest BCUT2D eigenvalue weighted by Gasteiger charge is -2.23. The number of epoxide rings is 1. The lowest BCUT2D eigenvalue weighted by Crippen LogP contribution is -2.31. The minimum Gasteiger partial charge on any atom is -0.486 e. The van der Waals surface area contributed by atoms with E-state index >= 15 is 0 Å². The van der Waals surface area contributed by atoms with Crippen molar-refractivity contribution in [3.63, 3.8) is 0 Å². The molecule has 2 rings (SSSR count). The summed E-state index contributed by atoms with van der Waals surface area (Å²) in [6, 6.07) is 9.90. The topological polar surface area (TPSA) is 40.2 Å². The summed E-state index contributed by atoms with van der Waals surface area (Å²) in [5.41, 5.74) is 0. The maximum Gasteiger partial charge on any atom is 0.145 e. The molecule has 4 nitrogen and oxygen atoms in total. The zero-order valence-corrected chi connectivity index (χ0v) is 15.8. The predicted molar refractivity (Wildman–Crippen MR) is 100 cm³/mol. The van der Waals surface area contributed by atoms with Crippen LogP contribution < -0.4 is 4.74 Å². The van der Waals surface area contributed by atoms with Crippen molar-refractivity contribution in [1.82, 2.24) is 0 Å². The largest absolute Gasteiger partial charge is 0.486 e. The van der Waals surface area contributed by atoms with Crippen LogP contribution in [0.2, 0.25) is 0 Å². The van der Waals surface area contributed by atoms with Gasteiger partial charge in [0.15, 0.2) is 0 Å². The Bertz CT molecular complexity index is 433. The Balaban J connectivity index is 1.79. The van der Waals surface area contributed by atoms with Crippen LogP contribution in [-0.2, 0) is 14.2 Å². The second-order valence-electron chi connectivity index (χ2n) is 6.79. The first-order valence-corrected chi connectivity index (χ1v) is 9.84. The minimum atomic E-state index is -0.0910. The van der Waals surface area contributed by atoms with Crippen molar-refractivity contribution in [3.05, 3.63) is 30.3 Å². The third-order valence-corrected chi connectivity index (χ3v) is 4.31. The van der Waals surface area contributed by atoms with Crippen LogP contribution in [0.25, 0.3) is 0 Å². The van der Waals surface area contributed by atoms with Crippen molar-refractivity contribution in [2.75, 3.05) is 26.4 Å². The molecule has 1 aliphatic heterocycles. The average molecular weight is 350 g/mol. The summed E-state index contributed by atoms with van der Waals surface area (Å²) in [6.45, 7) is 7.01. The molecular formula is C21H34O4. The number of unbranched alkanes of at least 4 members (excludes halogenated alkanes) is 2. The van der Waals surface area contributed by atoms with Crippen molar-refractivity contribution in [2.24, 2.45) is 0 Å². The molecule has 0 amide bonds. The highest BCUT2D eigenvalue weighted by molar-refractivity contribution is 5.21. The van der Waals surface area contributed by atoms with Gasteiger partial charge in [-0.05, 0) is 25.0 Å². The fraction of sp³-hybridized carbons (Fsp3) is 0.714. The van der Waals surface area contributed by atoms with Crippen LogP contribution in [0.4, 0.5) is 0 Å². The summed E-state index contributed by atoms with van der Waals surface area (Å²) in [6.07, 6.45) is 7.66. The molecule has 3 atom stereocenters. The Morgan fingerprint density at radius 1 is 1.00 bits per heavy atom. The van der Waals surface area contributed by atoms with Crippen LogP contribution in [0, 0.1) is 0 Å². The van der Waals surface area contributed by atoms with E-state index < -0.39 is 0 Å². The molecule has 142 valence electrons. The molecule has 1 fully saturated rings. The molecule has 4 heteroatoms. The van der Waals surface area contributed by atoms with Gasteiger partial charge in [-0.1, -0.05) is 57.7 Å². The van der Waals surface area contributed by atoms with Gasteiger partial charge < -0.3 is 18.9 Å². The van der Waals surface area contributed by atoms with Crippen LogP contribution in [0.5, 0.6) is 5.75 Å². The Morgan fingerprint density at radius 3 is 2.48 bits per heavy atom. The predicted octanol–water partition coefficient (Wildman–Crippen LogP) is 4.62. The van der Waals surface area contributed by atoms with E-state index in [2.05, 4.69) is 13.8 Å². The molecule has 1 saturated heterocycles. The second kappa shape index (κ2) is 12.3. The lowest BCUT2D eigenvalue weighted by molar-refractivity contribution is -0.0406. The van der Waals surface area contributed by atoms with E-state index in [4.69, 9.17) is 18.9 Å². The normalized spacial score (nSPS) is 18.7. The van der Waals surface area contributed by atoms with E-state index in [-0.39, 0.29) is 12.2 Å². The van der Waals surface area contributed by atoms with Crippen molar-refractivity contribution in [2.45, 2.75) is 70.7 Å². The van der Waals surface area contributed by atoms with E-state index in [0.29, 0.717) is 25.9 Å². The number of ether oxygens (including phenoxy) is 4. The minimum absolute atomic E-state index is 0.0910. The van der Waals surface area contributed by atoms with Crippen molar-refractivity contribution in [1.29, 1.82) is 0 Å². The van der Waals surface area contributed by atoms with Gasteiger partial charge in [-0.3, -0.25) is 0 Å². The molecule has 1 aliphatic rings. The third-order valence-electron chi connectivity index (χ3n) is 4.31. The Labute approximate surface area is 152 Å². The summed E-state index contributed by atoms with van der Waals surface area (Å²) < 4.78 is 23.2. The maximum atomic E-state index is 6.20. The molecule has 25 heavy (non-hydrogen) atoms. The monoisotopic (exact) mass is 350 g/mol. The Hall–Kier alpha value is -1.10. The Morgan fingerprint density at radius 2 is 1.80 bits per heavy atom. The average Bonchev–Trinajstić information content (AvgIpc) is 3.44. The van der Waals surface area contributed by atoms with Crippen molar-refractivity contribution < 1.29 is 18.9 Å². The van der Waals surface area contributed by atoms with Gasteiger partial charge in [-0.25, -0.2) is 0 Å². The first kappa shape index (κ1) is 20.2. The fourth-order valence-corrected chi connectivity index (χ4v) is 2.80. The van der Waals surface area contributed by atoms with E-state index in [1.54, 1.807) is 0 Å². The number of rotatable bonds is 15. The van der Waals surface area contributed by atoms with E-state index in [9.17, 15) is 0 Å². The number of benzene rings is 1. The van der Waals surface area contributed by atoms with Gasteiger partial charge in [0.1, 0.15) is 18.0 Å². The molecule has 3 unspecified atom stereocenters. The van der Waals surface area contributed by atoms with Gasteiger partial charge in [-0.2, -0.15) is 0 Å². The summed E-state index contributed by atoms with van der Waals surface area (Å²) in [5.74, 6) is 0.861. The third kappa shape index (κ3) is 9.24. The zero-order valence-electron chi connectivity index (χ0n) is 15.8.